The predicted octanol–water partition coefficient (Wildman–Crippen LogP) is 4.50. The van der Waals surface area contributed by atoms with E-state index >= 15 is 0 Å². The number of benzene rings is 1. The molecule has 0 radical (unpaired) electrons. The number of aromatic nitrogens is 2. The van der Waals surface area contributed by atoms with E-state index < -0.39 is 0 Å². The number of fused-ring (bicyclic) bond motifs is 1. The molecule has 0 saturated heterocycles. The van der Waals surface area contributed by atoms with Crippen molar-refractivity contribution in [3.8, 4) is 11.1 Å². The Labute approximate surface area is 120 Å². The number of alkyl halides is 1. The second kappa shape index (κ2) is 5.10. The van der Waals surface area contributed by atoms with Crippen molar-refractivity contribution in [3.63, 3.8) is 0 Å². The fraction of sp³-hybridized carbons (Fsp3) is 0.125. The maximum Gasteiger partial charge on any atom is 0.0594 e. The van der Waals surface area contributed by atoms with Crippen molar-refractivity contribution in [2.24, 2.45) is 0 Å². The van der Waals surface area contributed by atoms with Gasteiger partial charge in [-0.25, -0.2) is 0 Å². The predicted molar refractivity (Wildman–Crippen MR) is 82.3 cm³/mol. The van der Waals surface area contributed by atoms with Gasteiger partial charge in [-0.15, -0.1) is 0 Å². The molecule has 3 heteroatoms. The summed E-state index contributed by atoms with van der Waals surface area (Å²) in [6.45, 7) is 2.00. The van der Waals surface area contributed by atoms with E-state index in [0.717, 1.165) is 27.7 Å². The first-order valence-electron chi connectivity index (χ1n) is 6.15. The number of pyridine rings is 2. The van der Waals surface area contributed by atoms with E-state index in [1.165, 1.54) is 10.9 Å². The molecule has 0 aliphatic carbocycles. The second-order valence-corrected chi connectivity index (χ2v) is 5.05. The molecule has 0 spiro atoms. The van der Waals surface area contributed by atoms with E-state index in [1.807, 2.05) is 31.5 Å². The summed E-state index contributed by atoms with van der Waals surface area (Å²) in [7, 11) is 0. The number of nitrogens with zero attached hydrogens (tertiary/aromatic N) is 2. The average molecular weight is 313 g/mol. The average Bonchev–Trinajstić information content (AvgIpc) is 2.47. The minimum Gasteiger partial charge on any atom is -0.261 e. The molecule has 0 saturated carbocycles. The zero-order chi connectivity index (χ0) is 13.2. The maximum absolute atomic E-state index is 4.55. The molecule has 2 heterocycles. The van der Waals surface area contributed by atoms with E-state index in [0.29, 0.717) is 0 Å². The minimum atomic E-state index is 0.737. The molecule has 0 N–H and O–H groups in total. The second-order valence-electron chi connectivity index (χ2n) is 4.49. The summed E-state index contributed by atoms with van der Waals surface area (Å²) in [5.41, 5.74) is 4.36. The van der Waals surface area contributed by atoms with Crippen LogP contribution in [0.15, 0.2) is 48.8 Å². The molecular formula is C16H13BrN2. The van der Waals surface area contributed by atoms with E-state index in [1.54, 1.807) is 0 Å². The van der Waals surface area contributed by atoms with Crippen LogP contribution in [0.25, 0.3) is 21.9 Å². The lowest BCUT2D eigenvalue weighted by molar-refractivity contribution is 1.18. The fourth-order valence-electron chi connectivity index (χ4n) is 2.24. The van der Waals surface area contributed by atoms with Crippen LogP contribution in [0.1, 0.15) is 11.4 Å². The van der Waals surface area contributed by atoms with Crippen molar-refractivity contribution in [3.05, 3.63) is 60.2 Å². The van der Waals surface area contributed by atoms with Crippen LogP contribution in [0.2, 0.25) is 0 Å². The summed E-state index contributed by atoms with van der Waals surface area (Å²) >= 11 is 3.52. The van der Waals surface area contributed by atoms with Crippen LogP contribution in [0.3, 0.4) is 0 Å². The topological polar surface area (TPSA) is 25.8 Å². The molecule has 3 aromatic rings. The van der Waals surface area contributed by atoms with Crippen molar-refractivity contribution >= 4 is 26.7 Å². The summed E-state index contributed by atoms with van der Waals surface area (Å²) in [4.78, 5) is 8.94. The highest BCUT2D eigenvalue weighted by molar-refractivity contribution is 9.08. The van der Waals surface area contributed by atoms with Crippen molar-refractivity contribution in [1.29, 1.82) is 0 Å². The Hall–Kier alpha value is -1.74. The lowest BCUT2D eigenvalue weighted by Gasteiger charge is -2.10. The smallest absolute Gasteiger partial charge is 0.0594 e. The third kappa shape index (κ3) is 2.26. The zero-order valence-corrected chi connectivity index (χ0v) is 12.2. The van der Waals surface area contributed by atoms with Crippen LogP contribution in [0, 0.1) is 6.92 Å². The van der Waals surface area contributed by atoms with Gasteiger partial charge in [0.1, 0.15) is 0 Å². The third-order valence-electron chi connectivity index (χ3n) is 3.20. The van der Waals surface area contributed by atoms with Gasteiger partial charge in [-0.2, -0.15) is 0 Å². The van der Waals surface area contributed by atoms with Crippen LogP contribution < -0.4 is 0 Å². The summed E-state index contributed by atoms with van der Waals surface area (Å²) in [6, 6.07) is 12.5. The van der Waals surface area contributed by atoms with E-state index in [-0.39, 0.29) is 0 Å². The Morgan fingerprint density at radius 1 is 1.00 bits per heavy atom. The Morgan fingerprint density at radius 2 is 1.84 bits per heavy atom. The first kappa shape index (κ1) is 12.3. The fourth-order valence-corrected chi connectivity index (χ4v) is 2.67. The molecule has 0 unspecified atom stereocenters. The van der Waals surface area contributed by atoms with Crippen LogP contribution in [-0.2, 0) is 5.33 Å². The van der Waals surface area contributed by atoms with Crippen molar-refractivity contribution in [2.45, 2.75) is 12.3 Å². The van der Waals surface area contributed by atoms with Gasteiger partial charge in [-0.3, -0.25) is 9.97 Å². The molecule has 19 heavy (non-hydrogen) atoms. The molecule has 0 fully saturated rings. The van der Waals surface area contributed by atoms with Gasteiger partial charge in [0, 0.05) is 39.9 Å². The molecule has 1 aromatic carbocycles. The SMILES string of the molecule is Cc1ccc(-c2c(CBr)ncc3ccccc23)cn1. The molecule has 2 nitrogen and oxygen atoms in total. The van der Waals surface area contributed by atoms with Gasteiger partial charge >= 0.3 is 0 Å². The largest absolute Gasteiger partial charge is 0.261 e. The van der Waals surface area contributed by atoms with E-state index in [4.69, 9.17) is 0 Å². The van der Waals surface area contributed by atoms with Gasteiger partial charge in [0.2, 0.25) is 0 Å². The summed E-state index contributed by atoms with van der Waals surface area (Å²) in [5, 5.41) is 3.11. The number of aryl methyl sites for hydroxylation is 1. The molecule has 3 rings (SSSR count). The van der Waals surface area contributed by atoms with Gasteiger partial charge in [0.25, 0.3) is 0 Å². The Morgan fingerprint density at radius 3 is 2.58 bits per heavy atom. The minimum absolute atomic E-state index is 0.737. The number of hydrogen-bond donors (Lipinski definition) is 0. The molecule has 0 aliphatic rings. The Kier molecular flexibility index (Phi) is 3.30. The monoisotopic (exact) mass is 312 g/mol. The summed E-state index contributed by atoms with van der Waals surface area (Å²) in [5.74, 6) is 0. The summed E-state index contributed by atoms with van der Waals surface area (Å²) < 4.78 is 0. The molecule has 0 aliphatic heterocycles. The molecule has 0 bridgehead atoms. The van der Waals surface area contributed by atoms with Gasteiger partial charge in [0.15, 0.2) is 0 Å². The number of rotatable bonds is 2. The van der Waals surface area contributed by atoms with E-state index in [2.05, 4.69) is 50.2 Å². The standard InChI is InChI=1S/C16H13BrN2/c1-11-6-7-13(10-18-11)16-14-5-3-2-4-12(14)9-19-15(16)8-17/h2-7,9-10H,8H2,1H3. The number of halogens is 1. The van der Waals surface area contributed by atoms with Gasteiger partial charge < -0.3 is 0 Å². The maximum atomic E-state index is 4.55. The lowest BCUT2D eigenvalue weighted by Crippen LogP contribution is -1.93. The molecule has 0 amide bonds. The highest BCUT2D eigenvalue weighted by Crippen LogP contribution is 2.31. The van der Waals surface area contributed by atoms with Gasteiger partial charge in [-0.1, -0.05) is 46.3 Å². The van der Waals surface area contributed by atoms with Crippen LogP contribution in [-0.4, -0.2) is 9.97 Å². The normalized spacial score (nSPS) is 10.8. The Bertz CT molecular complexity index is 720. The molecule has 94 valence electrons. The lowest BCUT2D eigenvalue weighted by atomic mass is 9.99. The van der Waals surface area contributed by atoms with Crippen LogP contribution in [0.5, 0.6) is 0 Å². The highest BCUT2D eigenvalue weighted by Gasteiger charge is 2.10. The first-order chi connectivity index (χ1) is 9.29. The molecule has 0 atom stereocenters. The van der Waals surface area contributed by atoms with Gasteiger partial charge in [0.05, 0.1) is 5.69 Å². The third-order valence-corrected chi connectivity index (χ3v) is 3.74. The van der Waals surface area contributed by atoms with Gasteiger partial charge in [-0.05, 0) is 18.4 Å². The van der Waals surface area contributed by atoms with Crippen molar-refractivity contribution in [2.75, 3.05) is 0 Å². The highest BCUT2D eigenvalue weighted by atomic mass is 79.9. The first-order valence-corrected chi connectivity index (χ1v) is 7.27. The summed E-state index contributed by atoms with van der Waals surface area (Å²) in [6.07, 6.45) is 3.85. The molecule has 2 aromatic heterocycles. The van der Waals surface area contributed by atoms with Crippen LogP contribution >= 0.6 is 15.9 Å². The van der Waals surface area contributed by atoms with Crippen molar-refractivity contribution in [1.82, 2.24) is 9.97 Å². The van der Waals surface area contributed by atoms with E-state index in [9.17, 15) is 0 Å². The van der Waals surface area contributed by atoms with Crippen LogP contribution in [0.4, 0.5) is 0 Å². The quantitative estimate of drug-likeness (QED) is 0.651. The molecular weight excluding hydrogens is 300 g/mol. The van der Waals surface area contributed by atoms with Crippen molar-refractivity contribution < 1.29 is 0 Å². The zero-order valence-electron chi connectivity index (χ0n) is 10.6. The number of hydrogen-bond acceptors (Lipinski definition) is 2. The Balaban J connectivity index is 2.33.